The van der Waals surface area contributed by atoms with Crippen molar-refractivity contribution in [2.45, 2.75) is 58.8 Å². The van der Waals surface area contributed by atoms with E-state index in [1.165, 1.54) is 24.6 Å². The number of hydrogen-bond donors (Lipinski definition) is 1. The molecule has 1 N–H and O–H groups in total. The van der Waals surface area contributed by atoms with Crippen LogP contribution in [0.5, 0.6) is 0 Å². The molecule has 2 aromatic rings. The molecule has 6 nitrogen and oxygen atoms in total. The number of carbonyl (C=O) groups is 1. The summed E-state index contributed by atoms with van der Waals surface area (Å²) in [6, 6.07) is 7.11. The average molecular weight is 341 g/mol. The number of aromatic nitrogens is 3. The van der Waals surface area contributed by atoms with Crippen LogP contribution in [0.4, 0.5) is 0 Å². The van der Waals surface area contributed by atoms with Crippen molar-refractivity contribution in [1.82, 2.24) is 25.0 Å². The fourth-order valence-corrected chi connectivity index (χ4v) is 3.55. The first-order valence-corrected chi connectivity index (χ1v) is 9.00. The summed E-state index contributed by atoms with van der Waals surface area (Å²) in [5, 5.41) is 7.27. The topological polar surface area (TPSA) is 63.1 Å². The minimum Gasteiger partial charge on any atom is -0.351 e. The lowest BCUT2D eigenvalue weighted by Crippen LogP contribution is -2.25. The van der Waals surface area contributed by atoms with Gasteiger partial charge in [-0.05, 0) is 57.0 Å². The van der Waals surface area contributed by atoms with Gasteiger partial charge in [-0.2, -0.15) is 5.10 Å². The molecule has 3 heterocycles. The van der Waals surface area contributed by atoms with Crippen molar-refractivity contribution in [3.05, 3.63) is 47.5 Å². The van der Waals surface area contributed by atoms with Crippen molar-refractivity contribution in [2.75, 3.05) is 6.54 Å². The van der Waals surface area contributed by atoms with E-state index < -0.39 is 0 Å². The number of hydrogen-bond acceptors (Lipinski definition) is 4. The molecule has 1 aliphatic heterocycles. The molecule has 1 aliphatic rings. The Balaban J connectivity index is 1.74. The van der Waals surface area contributed by atoms with Crippen LogP contribution in [0.25, 0.3) is 0 Å². The van der Waals surface area contributed by atoms with Gasteiger partial charge in [0.1, 0.15) is 0 Å². The lowest BCUT2D eigenvalue weighted by Gasteiger charge is -2.26. The first-order valence-electron chi connectivity index (χ1n) is 9.00. The smallest absolute Gasteiger partial charge is 0.217 e. The molecule has 6 heteroatoms. The molecular formula is C19H27N5O. The Bertz CT molecular complexity index is 724. The summed E-state index contributed by atoms with van der Waals surface area (Å²) in [5.74, 6) is -0.0309. The van der Waals surface area contributed by atoms with E-state index in [-0.39, 0.29) is 5.91 Å². The molecule has 3 rings (SSSR count). The first-order chi connectivity index (χ1) is 12.0. The van der Waals surface area contributed by atoms with Crippen LogP contribution >= 0.6 is 0 Å². The maximum Gasteiger partial charge on any atom is 0.217 e. The van der Waals surface area contributed by atoms with E-state index in [2.05, 4.69) is 57.0 Å². The molecule has 0 aliphatic carbocycles. The van der Waals surface area contributed by atoms with Gasteiger partial charge in [-0.3, -0.25) is 19.4 Å². The molecule has 1 amide bonds. The standard InChI is InChI=1S/C19H27N5O/c1-14(2)24-18(7-9-22-24)13-23-10-4-5-19(23)16-6-8-20-17(11-16)12-21-15(3)25/h6-9,11,14,19H,4-5,10,12-13H2,1-3H3,(H,21,25)/t19-/m1/s1. The lowest BCUT2D eigenvalue weighted by atomic mass is 10.0. The maximum atomic E-state index is 11.1. The summed E-state index contributed by atoms with van der Waals surface area (Å²) >= 11 is 0. The quantitative estimate of drug-likeness (QED) is 0.877. The number of nitrogens with zero attached hydrogens (tertiary/aromatic N) is 4. The molecule has 0 unspecified atom stereocenters. The van der Waals surface area contributed by atoms with Crippen molar-refractivity contribution < 1.29 is 4.79 Å². The molecule has 0 bridgehead atoms. The Labute approximate surface area is 149 Å². The van der Waals surface area contributed by atoms with Crippen LogP contribution in [0.2, 0.25) is 0 Å². The summed E-state index contributed by atoms with van der Waals surface area (Å²) in [6.07, 6.45) is 6.09. The van der Waals surface area contributed by atoms with E-state index in [4.69, 9.17) is 0 Å². The second kappa shape index (κ2) is 7.78. The third-order valence-electron chi connectivity index (χ3n) is 4.71. The number of pyridine rings is 1. The Morgan fingerprint density at radius 1 is 1.36 bits per heavy atom. The molecule has 1 fully saturated rings. The van der Waals surface area contributed by atoms with Crippen molar-refractivity contribution in [3.63, 3.8) is 0 Å². The number of nitrogens with one attached hydrogen (secondary N) is 1. The van der Waals surface area contributed by atoms with Crippen molar-refractivity contribution in [2.24, 2.45) is 0 Å². The molecule has 0 spiro atoms. The largest absolute Gasteiger partial charge is 0.351 e. The number of carbonyl (C=O) groups excluding carboxylic acids is 1. The highest BCUT2D eigenvalue weighted by atomic mass is 16.1. The van der Waals surface area contributed by atoms with Gasteiger partial charge in [0.2, 0.25) is 5.91 Å². The van der Waals surface area contributed by atoms with Gasteiger partial charge in [0.25, 0.3) is 0 Å². The first kappa shape index (κ1) is 17.6. The molecular weight excluding hydrogens is 314 g/mol. The van der Waals surface area contributed by atoms with Gasteiger partial charge < -0.3 is 5.32 Å². The molecule has 0 radical (unpaired) electrons. The predicted molar refractivity (Wildman–Crippen MR) is 96.8 cm³/mol. The number of rotatable bonds is 6. The second-order valence-corrected chi connectivity index (χ2v) is 6.98. The summed E-state index contributed by atoms with van der Waals surface area (Å²) in [4.78, 5) is 18.0. The number of amides is 1. The Hall–Kier alpha value is -2.21. The predicted octanol–water partition coefficient (Wildman–Crippen LogP) is 2.83. The molecule has 1 saturated heterocycles. The van der Waals surface area contributed by atoms with Crippen LogP contribution in [0.3, 0.4) is 0 Å². The average Bonchev–Trinajstić information content (AvgIpc) is 3.23. The van der Waals surface area contributed by atoms with Crippen molar-refractivity contribution in [3.8, 4) is 0 Å². The molecule has 2 aromatic heterocycles. The lowest BCUT2D eigenvalue weighted by molar-refractivity contribution is -0.119. The van der Waals surface area contributed by atoms with E-state index in [0.717, 1.165) is 25.2 Å². The van der Waals surface area contributed by atoms with Crippen LogP contribution in [0.15, 0.2) is 30.6 Å². The number of likely N-dealkylation sites (tertiary alicyclic amines) is 1. The van der Waals surface area contributed by atoms with E-state index in [9.17, 15) is 4.79 Å². The highest BCUT2D eigenvalue weighted by Crippen LogP contribution is 2.33. The van der Waals surface area contributed by atoms with Gasteiger partial charge in [0, 0.05) is 37.9 Å². The van der Waals surface area contributed by atoms with Crippen LogP contribution in [0, 0.1) is 0 Å². The third kappa shape index (κ3) is 4.25. The SMILES string of the molecule is CC(=O)NCc1cc([C@H]2CCCN2Cc2ccnn2C(C)C)ccn1. The summed E-state index contributed by atoms with van der Waals surface area (Å²) in [6.45, 7) is 8.34. The van der Waals surface area contributed by atoms with Gasteiger partial charge in [-0.25, -0.2) is 0 Å². The molecule has 1 atom stereocenters. The molecule has 0 aromatic carbocycles. The maximum absolute atomic E-state index is 11.1. The summed E-state index contributed by atoms with van der Waals surface area (Å²) in [5.41, 5.74) is 3.45. The normalized spacial score (nSPS) is 18.0. The zero-order chi connectivity index (χ0) is 17.8. The minimum absolute atomic E-state index is 0.0309. The Morgan fingerprint density at radius 3 is 2.96 bits per heavy atom. The Kier molecular flexibility index (Phi) is 5.48. The molecule has 134 valence electrons. The Morgan fingerprint density at radius 2 is 2.20 bits per heavy atom. The van der Waals surface area contributed by atoms with E-state index in [0.29, 0.717) is 18.6 Å². The summed E-state index contributed by atoms with van der Waals surface area (Å²) < 4.78 is 2.10. The van der Waals surface area contributed by atoms with E-state index in [1.54, 1.807) is 0 Å². The van der Waals surface area contributed by atoms with Crippen LogP contribution < -0.4 is 5.32 Å². The van der Waals surface area contributed by atoms with Crippen LogP contribution in [-0.2, 0) is 17.9 Å². The van der Waals surface area contributed by atoms with Crippen LogP contribution in [-0.4, -0.2) is 32.1 Å². The van der Waals surface area contributed by atoms with Crippen molar-refractivity contribution in [1.29, 1.82) is 0 Å². The highest BCUT2D eigenvalue weighted by molar-refractivity contribution is 5.72. The minimum atomic E-state index is -0.0309. The zero-order valence-electron chi connectivity index (χ0n) is 15.3. The highest BCUT2D eigenvalue weighted by Gasteiger charge is 2.27. The molecule has 0 saturated carbocycles. The van der Waals surface area contributed by atoms with Gasteiger partial charge >= 0.3 is 0 Å². The second-order valence-electron chi connectivity index (χ2n) is 6.98. The zero-order valence-corrected chi connectivity index (χ0v) is 15.3. The van der Waals surface area contributed by atoms with Gasteiger partial charge in [-0.1, -0.05) is 0 Å². The third-order valence-corrected chi connectivity index (χ3v) is 4.71. The fraction of sp³-hybridized carbons (Fsp3) is 0.526. The van der Waals surface area contributed by atoms with E-state index >= 15 is 0 Å². The summed E-state index contributed by atoms with van der Waals surface area (Å²) in [7, 11) is 0. The van der Waals surface area contributed by atoms with E-state index in [1.807, 2.05) is 12.4 Å². The van der Waals surface area contributed by atoms with Crippen LogP contribution in [0.1, 0.15) is 62.6 Å². The van der Waals surface area contributed by atoms with Crippen molar-refractivity contribution >= 4 is 5.91 Å². The molecule has 25 heavy (non-hydrogen) atoms. The monoisotopic (exact) mass is 341 g/mol. The fourth-order valence-electron chi connectivity index (χ4n) is 3.55. The van der Waals surface area contributed by atoms with Gasteiger partial charge in [-0.15, -0.1) is 0 Å². The van der Waals surface area contributed by atoms with Gasteiger partial charge in [0.15, 0.2) is 0 Å². The van der Waals surface area contributed by atoms with Gasteiger partial charge in [0.05, 0.1) is 17.9 Å².